The minimum atomic E-state index is -0.800. The second kappa shape index (κ2) is 5.47. The van der Waals surface area contributed by atoms with E-state index < -0.39 is 12.0 Å². The summed E-state index contributed by atoms with van der Waals surface area (Å²) in [5.74, 6) is -0.800. The van der Waals surface area contributed by atoms with Gasteiger partial charge >= 0.3 is 66.3 Å². The van der Waals surface area contributed by atoms with Gasteiger partial charge in [-0.2, -0.15) is 0 Å². The molecule has 4 heteroatoms. The molecule has 0 saturated carbocycles. The van der Waals surface area contributed by atoms with Gasteiger partial charge in [0, 0.05) is 0 Å². The summed E-state index contributed by atoms with van der Waals surface area (Å²) in [6, 6.07) is -0.431. The van der Waals surface area contributed by atoms with Crippen LogP contribution >= 0.6 is 0 Å². The van der Waals surface area contributed by atoms with Crippen molar-refractivity contribution in [2.45, 2.75) is 18.3 Å². The first kappa shape index (κ1) is 9.69. The number of allylic oxidation sites excluding steroid dienone is 1. The van der Waals surface area contributed by atoms with Crippen molar-refractivity contribution < 1.29 is 9.90 Å². The van der Waals surface area contributed by atoms with E-state index in [0.29, 0.717) is 0 Å². The molecule has 10 heavy (non-hydrogen) atoms. The fourth-order valence-corrected chi connectivity index (χ4v) is 1.47. The van der Waals surface area contributed by atoms with Gasteiger partial charge in [0.05, 0.1) is 0 Å². The molecule has 0 bridgehead atoms. The summed E-state index contributed by atoms with van der Waals surface area (Å²) >= 11 is 0.180. The number of rotatable bonds is 5. The second-order valence-electron chi connectivity index (χ2n) is 1.78. The van der Waals surface area contributed by atoms with E-state index in [1.54, 1.807) is 13.0 Å². The molecule has 0 saturated heterocycles. The Morgan fingerprint density at radius 3 is 3.00 bits per heavy atom. The molecular formula is C6H11NO2Se. The van der Waals surface area contributed by atoms with Crippen LogP contribution in [0.1, 0.15) is 6.92 Å². The molecule has 2 N–H and O–H groups in total. The maximum absolute atomic E-state index is 10.2. The first-order valence-electron chi connectivity index (χ1n) is 2.89. The van der Waals surface area contributed by atoms with E-state index in [4.69, 9.17) is 5.11 Å². The average molecular weight is 208 g/mol. The molecule has 0 aliphatic carbocycles. The van der Waals surface area contributed by atoms with Crippen molar-refractivity contribution in [1.82, 2.24) is 4.33 Å². The molecular weight excluding hydrogens is 197 g/mol. The van der Waals surface area contributed by atoms with Crippen molar-refractivity contribution >= 4 is 21.1 Å². The van der Waals surface area contributed by atoms with E-state index in [0.717, 1.165) is 5.32 Å². The molecule has 0 aromatic rings. The van der Waals surface area contributed by atoms with Crippen LogP contribution in [0.25, 0.3) is 0 Å². The number of nitrogens with one attached hydrogen (secondary N) is 1. The third-order valence-electron chi connectivity index (χ3n) is 0.832. The second-order valence-corrected chi connectivity index (χ2v) is 3.58. The van der Waals surface area contributed by atoms with Crippen LogP contribution in [-0.4, -0.2) is 32.3 Å². The summed E-state index contributed by atoms with van der Waals surface area (Å²) in [7, 11) is 0. The molecule has 0 aromatic carbocycles. The molecule has 0 amide bonds. The number of hydrogen-bond acceptors (Lipinski definition) is 2. The molecule has 0 aromatic heterocycles. The Morgan fingerprint density at radius 1 is 2.00 bits per heavy atom. The molecule has 0 spiro atoms. The molecule has 0 heterocycles. The Morgan fingerprint density at radius 2 is 2.60 bits per heavy atom. The van der Waals surface area contributed by atoms with Gasteiger partial charge in [0.1, 0.15) is 0 Å². The van der Waals surface area contributed by atoms with Gasteiger partial charge in [0.15, 0.2) is 0 Å². The monoisotopic (exact) mass is 209 g/mol. The van der Waals surface area contributed by atoms with Crippen molar-refractivity contribution in [2.24, 2.45) is 0 Å². The zero-order valence-electron chi connectivity index (χ0n) is 5.83. The predicted octanol–water partition coefficient (Wildman–Crippen LogP) is 0.273. The summed E-state index contributed by atoms with van der Waals surface area (Å²) in [5.41, 5.74) is 0. The van der Waals surface area contributed by atoms with E-state index in [1.807, 2.05) is 0 Å². The van der Waals surface area contributed by atoms with Crippen LogP contribution in [0, 0.1) is 0 Å². The van der Waals surface area contributed by atoms with Crippen molar-refractivity contribution in [1.29, 1.82) is 0 Å². The molecule has 3 nitrogen and oxygen atoms in total. The van der Waals surface area contributed by atoms with Gasteiger partial charge in [-0.25, -0.2) is 0 Å². The number of aliphatic carboxylic acids is 1. The fraction of sp³-hybridized carbons (Fsp3) is 0.500. The predicted molar refractivity (Wildman–Crippen MR) is 41.0 cm³/mol. The summed E-state index contributed by atoms with van der Waals surface area (Å²) < 4.78 is 2.87. The molecule has 1 atom stereocenters. The van der Waals surface area contributed by atoms with E-state index in [2.05, 4.69) is 10.9 Å². The van der Waals surface area contributed by atoms with Gasteiger partial charge in [0.25, 0.3) is 0 Å². The Bertz CT molecular complexity index is 127. The van der Waals surface area contributed by atoms with Crippen LogP contribution in [0.3, 0.4) is 0 Å². The zero-order chi connectivity index (χ0) is 7.98. The van der Waals surface area contributed by atoms with Gasteiger partial charge in [-0.15, -0.1) is 0 Å². The van der Waals surface area contributed by atoms with Crippen molar-refractivity contribution in [3.8, 4) is 0 Å². The van der Waals surface area contributed by atoms with Crippen LogP contribution in [0.2, 0.25) is 5.32 Å². The van der Waals surface area contributed by atoms with Gasteiger partial charge in [0.2, 0.25) is 0 Å². The van der Waals surface area contributed by atoms with Crippen LogP contribution in [0.4, 0.5) is 0 Å². The van der Waals surface area contributed by atoms with Crippen LogP contribution in [0.5, 0.6) is 0 Å². The zero-order valence-corrected chi connectivity index (χ0v) is 7.55. The maximum atomic E-state index is 10.2. The van der Waals surface area contributed by atoms with E-state index >= 15 is 0 Å². The number of hydrogen-bond donors (Lipinski definition) is 2. The summed E-state index contributed by atoms with van der Waals surface area (Å²) in [4.78, 5) is 10.2. The molecule has 0 fully saturated rings. The molecule has 58 valence electrons. The van der Waals surface area contributed by atoms with Gasteiger partial charge in [-0.3, -0.25) is 0 Å². The van der Waals surface area contributed by atoms with Crippen LogP contribution in [0.15, 0.2) is 12.7 Å². The molecule has 0 unspecified atom stereocenters. The van der Waals surface area contributed by atoms with Gasteiger partial charge in [-0.1, -0.05) is 0 Å². The summed E-state index contributed by atoms with van der Waals surface area (Å²) in [6.07, 6.45) is 1.78. The third-order valence-corrected chi connectivity index (χ3v) is 2.77. The first-order chi connectivity index (χ1) is 4.68. The summed E-state index contributed by atoms with van der Waals surface area (Å²) in [5, 5.41) is 9.27. The Balaban J connectivity index is 3.30. The van der Waals surface area contributed by atoms with Gasteiger partial charge < -0.3 is 0 Å². The van der Waals surface area contributed by atoms with E-state index in [1.165, 1.54) is 0 Å². The topological polar surface area (TPSA) is 49.3 Å². The number of carbonyl (C=O) groups is 1. The Hall–Kier alpha value is -0.311. The van der Waals surface area contributed by atoms with Crippen molar-refractivity contribution in [3.63, 3.8) is 0 Å². The number of carboxylic acids is 1. The normalized spacial score (nSPS) is 12.5. The summed E-state index contributed by atoms with van der Waals surface area (Å²) in [6.45, 7) is 5.16. The molecule has 0 radical (unpaired) electrons. The van der Waals surface area contributed by atoms with Crippen molar-refractivity contribution in [3.05, 3.63) is 12.7 Å². The van der Waals surface area contributed by atoms with E-state index in [-0.39, 0.29) is 15.2 Å². The fourth-order valence-electron chi connectivity index (χ4n) is 0.282. The molecule has 0 rings (SSSR count). The van der Waals surface area contributed by atoms with Gasteiger partial charge in [-0.05, 0) is 0 Å². The Kier molecular flexibility index (Phi) is 5.30. The minimum absolute atomic E-state index is 0.180. The quantitative estimate of drug-likeness (QED) is 0.387. The van der Waals surface area contributed by atoms with E-state index in [9.17, 15) is 4.79 Å². The standard InChI is InChI=1S/C6H11NO2Se/c1-3-4-10-7-5(2)6(8)9/h3,5,7H,1,4H2,2H3,(H,8,9)/t5-/m0/s1. The van der Waals surface area contributed by atoms with Crippen molar-refractivity contribution in [2.75, 3.05) is 0 Å². The molecule has 0 aliphatic heterocycles. The Labute approximate surface area is 66.9 Å². The molecule has 0 aliphatic rings. The SMILES string of the molecule is C=CC[Se]N[C@@H](C)C(=O)O. The third kappa shape index (κ3) is 4.56. The first-order valence-corrected chi connectivity index (χ1v) is 4.96. The van der Waals surface area contributed by atoms with Crippen LogP contribution < -0.4 is 4.33 Å². The average Bonchev–Trinajstić information content (AvgIpc) is 1.88. The number of carboxylic acid groups (broad SMARTS) is 1. The van der Waals surface area contributed by atoms with Crippen LogP contribution in [-0.2, 0) is 4.79 Å².